The second-order valence-electron chi connectivity index (χ2n) is 4.46. The molecule has 2 N–H and O–H groups in total. The molecule has 0 unspecified atom stereocenters. The lowest BCUT2D eigenvalue weighted by Crippen LogP contribution is -2.20. The summed E-state index contributed by atoms with van der Waals surface area (Å²) >= 11 is 3.60. The number of halogens is 1. The van der Waals surface area contributed by atoms with Crippen molar-refractivity contribution in [1.82, 2.24) is 0 Å². The second kappa shape index (κ2) is 3.37. The number of hydrogen-bond donors (Lipinski definition) is 1. The highest BCUT2D eigenvalue weighted by atomic mass is 79.9. The predicted molar refractivity (Wildman–Crippen MR) is 64.7 cm³/mol. The molecule has 1 aliphatic heterocycles. The number of nitrogens with two attached hydrogens (primary N) is 1. The van der Waals surface area contributed by atoms with Crippen LogP contribution in [0, 0.1) is 0 Å². The number of benzene rings is 1. The highest BCUT2D eigenvalue weighted by molar-refractivity contribution is 9.10. The molecule has 1 saturated carbocycles. The molecule has 1 aromatic rings. The average Bonchev–Trinajstić information content (AvgIpc) is 2.84. The lowest BCUT2D eigenvalue weighted by Gasteiger charge is -2.17. The largest absolute Gasteiger partial charge is 0.454 e. The summed E-state index contributed by atoms with van der Waals surface area (Å²) in [4.78, 5) is 0. The minimum atomic E-state index is -0.130. The molecular formula is C12H14BrNO2. The summed E-state index contributed by atoms with van der Waals surface area (Å²) in [6.45, 7) is 2.44. The van der Waals surface area contributed by atoms with Crippen molar-refractivity contribution in [3.05, 3.63) is 21.7 Å². The molecule has 1 aromatic carbocycles. The first-order valence-corrected chi connectivity index (χ1v) is 6.35. The van der Waals surface area contributed by atoms with Crippen LogP contribution >= 0.6 is 15.9 Å². The molecule has 1 aliphatic carbocycles. The molecule has 0 radical (unpaired) electrons. The Labute approximate surface area is 103 Å². The van der Waals surface area contributed by atoms with Gasteiger partial charge >= 0.3 is 0 Å². The molecule has 0 bridgehead atoms. The molecule has 3 rings (SSSR count). The van der Waals surface area contributed by atoms with Gasteiger partial charge in [-0.2, -0.15) is 0 Å². The number of fused-ring (bicyclic) bond motifs is 1. The lowest BCUT2D eigenvalue weighted by molar-refractivity contribution is 0.173. The minimum Gasteiger partial charge on any atom is -0.454 e. The summed E-state index contributed by atoms with van der Waals surface area (Å²) in [5, 5.41) is 0. The van der Waals surface area contributed by atoms with E-state index in [1.165, 1.54) is 11.1 Å². The van der Waals surface area contributed by atoms with E-state index in [-0.39, 0.29) is 5.54 Å². The molecule has 86 valence electrons. The number of hydrogen-bond acceptors (Lipinski definition) is 3. The van der Waals surface area contributed by atoms with Gasteiger partial charge in [0.15, 0.2) is 11.5 Å². The van der Waals surface area contributed by atoms with Crippen molar-refractivity contribution < 1.29 is 9.47 Å². The van der Waals surface area contributed by atoms with Crippen LogP contribution in [0.1, 0.15) is 30.9 Å². The highest BCUT2D eigenvalue weighted by Crippen LogP contribution is 2.51. The first-order valence-electron chi connectivity index (χ1n) is 5.56. The van der Waals surface area contributed by atoms with Crippen LogP contribution in [0.2, 0.25) is 0 Å². The molecule has 16 heavy (non-hydrogen) atoms. The Morgan fingerprint density at radius 2 is 2.19 bits per heavy atom. The maximum atomic E-state index is 6.29. The van der Waals surface area contributed by atoms with E-state index in [1.54, 1.807) is 0 Å². The van der Waals surface area contributed by atoms with Gasteiger partial charge in [-0.1, -0.05) is 6.92 Å². The zero-order chi connectivity index (χ0) is 11.3. The maximum Gasteiger partial charge on any atom is 0.231 e. The van der Waals surface area contributed by atoms with Crippen molar-refractivity contribution in [3.63, 3.8) is 0 Å². The van der Waals surface area contributed by atoms with E-state index in [1.807, 2.05) is 0 Å². The predicted octanol–water partition coefficient (Wildman–Crippen LogP) is 2.69. The molecular weight excluding hydrogens is 270 g/mol. The van der Waals surface area contributed by atoms with E-state index < -0.39 is 0 Å². The van der Waals surface area contributed by atoms with Crippen LogP contribution in [0.4, 0.5) is 0 Å². The van der Waals surface area contributed by atoms with Crippen LogP contribution in [0.15, 0.2) is 10.5 Å². The van der Waals surface area contributed by atoms with Crippen molar-refractivity contribution in [1.29, 1.82) is 0 Å². The molecule has 2 aliphatic rings. The molecule has 0 amide bonds. The fourth-order valence-electron chi connectivity index (χ4n) is 2.23. The Kier molecular flexibility index (Phi) is 2.20. The summed E-state index contributed by atoms with van der Waals surface area (Å²) in [6, 6.07) is 2.05. The summed E-state index contributed by atoms with van der Waals surface area (Å²) in [5.74, 6) is 1.64. The van der Waals surface area contributed by atoms with Gasteiger partial charge < -0.3 is 15.2 Å². The zero-order valence-electron chi connectivity index (χ0n) is 9.18. The molecule has 0 atom stereocenters. The summed E-state index contributed by atoms with van der Waals surface area (Å²) in [6.07, 6.45) is 3.07. The third-order valence-electron chi connectivity index (χ3n) is 3.38. The van der Waals surface area contributed by atoms with Crippen LogP contribution in [-0.4, -0.2) is 6.79 Å². The normalized spacial score (nSPS) is 19.9. The molecule has 4 heteroatoms. The average molecular weight is 284 g/mol. The molecule has 1 fully saturated rings. The third-order valence-corrected chi connectivity index (χ3v) is 4.22. The first kappa shape index (κ1) is 10.4. The molecule has 0 aromatic heterocycles. The lowest BCUT2D eigenvalue weighted by atomic mass is 9.96. The topological polar surface area (TPSA) is 44.5 Å². The highest BCUT2D eigenvalue weighted by Gasteiger charge is 2.43. The van der Waals surface area contributed by atoms with Gasteiger partial charge in [-0.05, 0) is 52.4 Å². The monoisotopic (exact) mass is 283 g/mol. The fraction of sp³-hybridized carbons (Fsp3) is 0.500. The Bertz CT molecular complexity index is 455. The SMILES string of the molecule is CCc1c(C2(N)CC2)cc2c(c1Br)OCO2. The number of ether oxygens (including phenoxy) is 2. The van der Waals surface area contributed by atoms with Crippen LogP contribution < -0.4 is 15.2 Å². The standard InChI is InChI=1S/C12H14BrNO2/c1-2-7-8(12(14)3-4-12)5-9-11(10(7)13)16-6-15-9/h5H,2-4,6,14H2,1H3. The fourth-order valence-corrected chi connectivity index (χ4v) is 3.04. The van der Waals surface area contributed by atoms with Gasteiger partial charge in [-0.25, -0.2) is 0 Å². The molecule has 3 nitrogen and oxygen atoms in total. The molecule has 0 spiro atoms. The Hall–Kier alpha value is -0.740. The smallest absolute Gasteiger partial charge is 0.231 e. The van der Waals surface area contributed by atoms with Crippen LogP contribution in [0.3, 0.4) is 0 Å². The Morgan fingerprint density at radius 3 is 2.81 bits per heavy atom. The number of rotatable bonds is 2. The Balaban J connectivity index is 2.21. The first-order chi connectivity index (χ1) is 7.65. The van der Waals surface area contributed by atoms with E-state index in [4.69, 9.17) is 15.2 Å². The van der Waals surface area contributed by atoms with Gasteiger partial charge in [0.1, 0.15) is 0 Å². The molecule has 0 saturated heterocycles. The minimum absolute atomic E-state index is 0.130. The third kappa shape index (κ3) is 1.36. The summed E-state index contributed by atoms with van der Waals surface area (Å²) < 4.78 is 11.9. The van der Waals surface area contributed by atoms with E-state index in [0.717, 1.165) is 35.2 Å². The van der Waals surface area contributed by atoms with Crippen LogP contribution in [0.5, 0.6) is 11.5 Å². The summed E-state index contributed by atoms with van der Waals surface area (Å²) in [7, 11) is 0. The van der Waals surface area contributed by atoms with Gasteiger partial charge in [0.05, 0.1) is 4.47 Å². The van der Waals surface area contributed by atoms with Crippen molar-refractivity contribution in [2.45, 2.75) is 31.7 Å². The Morgan fingerprint density at radius 1 is 1.44 bits per heavy atom. The van der Waals surface area contributed by atoms with Gasteiger partial charge in [0.2, 0.25) is 6.79 Å². The van der Waals surface area contributed by atoms with E-state index in [2.05, 4.69) is 28.9 Å². The quantitative estimate of drug-likeness (QED) is 0.908. The van der Waals surface area contributed by atoms with Gasteiger partial charge in [0.25, 0.3) is 0 Å². The second-order valence-corrected chi connectivity index (χ2v) is 5.25. The van der Waals surface area contributed by atoms with Crippen LogP contribution in [-0.2, 0) is 12.0 Å². The van der Waals surface area contributed by atoms with Gasteiger partial charge in [0, 0.05) is 5.54 Å². The van der Waals surface area contributed by atoms with Crippen molar-refractivity contribution in [3.8, 4) is 11.5 Å². The zero-order valence-corrected chi connectivity index (χ0v) is 10.8. The summed E-state index contributed by atoms with van der Waals surface area (Å²) in [5.41, 5.74) is 8.63. The van der Waals surface area contributed by atoms with Gasteiger partial charge in [-0.3, -0.25) is 0 Å². The molecule has 1 heterocycles. The van der Waals surface area contributed by atoms with E-state index >= 15 is 0 Å². The van der Waals surface area contributed by atoms with Crippen molar-refractivity contribution >= 4 is 15.9 Å². The van der Waals surface area contributed by atoms with Crippen molar-refractivity contribution in [2.24, 2.45) is 5.73 Å². The van der Waals surface area contributed by atoms with E-state index in [9.17, 15) is 0 Å². The van der Waals surface area contributed by atoms with Gasteiger partial charge in [-0.15, -0.1) is 0 Å². The van der Waals surface area contributed by atoms with E-state index in [0.29, 0.717) is 6.79 Å². The van der Waals surface area contributed by atoms with Crippen molar-refractivity contribution in [2.75, 3.05) is 6.79 Å². The maximum absolute atomic E-state index is 6.29. The van der Waals surface area contributed by atoms with Crippen LogP contribution in [0.25, 0.3) is 0 Å².